The van der Waals surface area contributed by atoms with E-state index >= 15 is 0 Å². The third-order valence-corrected chi connectivity index (χ3v) is 5.16. The third kappa shape index (κ3) is 4.13. The number of esters is 1. The van der Waals surface area contributed by atoms with Crippen molar-refractivity contribution in [3.63, 3.8) is 0 Å². The SMILES string of the molecule is CNS(=O)(=O)c1cccc(C(=O)OCCc2cccs2)c1. The first-order chi connectivity index (χ1) is 10.0. The van der Waals surface area contributed by atoms with Gasteiger partial charge < -0.3 is 4.74 Å². The predicted octanol–water partition coefficient (Wildman–Crippen LogP) is 2.06. The molecule has 0 saturated carbocycles. The zero-order valence-electron chi connectivity index (χ0n) is 11.4. The fourth-order valence-corrected chi connectivity index (χ4v) is 3.16. The Morgan fingerprint density at radius 3 is 2.76 bits per heavy atom. The number of ether oxygens (including phenoxy) is 1. The lowest BCUT2D eigenvalue weighted by molar-refractivity contribution is 0.0509. The molecule has 2 rings (SSSR count). The summed E-state index contributed by atoms with van der Waals surface area (Å²) in [4.78, 5) is 13.1. The summed E-state index contributed by atoms with van der Waals surface area (Å²) in [5.74, 6) is -0.528. The van der Waals surface area contributed by atoms with Gasteiger partial charge in [0.15, 0.2) is 0 Å². The molecule has 0 atom stereocenters. The second-order valence-corrected chi connectivity index (χ2v) is 7.12. The lowest BCUT2D eigenvalue weighted by Crippen LogP contribution is -2.19. The Hall–Kier alpha value is -1.70. The van der Waals surface area contributed by atoms with Crippen LogP contribution in [0.5, 0.6) is 0 Å². The van der Waals surface area contributed by atoms with Gasteiger partial charge in [-0.25, -0.2) is 17.9 Å². The molecule has 0 saturated heterocycles. The van der Waals surface area contributed by atoms with Gasteiger partial charge >= 0.3 is 5.97 Å². The number of sulfonamides is 1. The summed E-state index contributed by atoms with van der Waals surface area (Å²) in [6.07, 6.45) is 0.651. The molecule has 1 aromatic carbocycles. The predicted molar refractivity (Wildman–Crippen MR) is 81.0 cm³/mol. The van der Waals surface area contributed by atoms with Gasteiger partial charge in [-0.05, 0) is 36.7 Å². The van der Waals surface area contributed by atoms with E-state index < -0.39 is 16.0 Å². The monoisotopic (exact) mass is 325 g/mol. The zero-order valence-corrected chi connectivity index (χ0v) is 13.0. The van der Waals surface area contributed by atoms with Crippen LogP contribution >= 0.6 is 11.3 Å². The number of rotatable bonds is 6. The van der Waals surface area contributed by atoms with Crippen molar-refractivity contribution in [2.24, 2.45) is 0 Å². The standard InChI is InChI=1S/C14H15NO4S2/c1-15-21(17,18)13-6-2-4-11(10-13)14(16)19-8-7-12-5-3-9-20-12/h2-6,9-10,15H,7-8H2,1H3. The Morgan fingerprint density at radius 1 is 1.29 bits per heavy atom. The fourth-order valence-electron chi connectivity index (χ4n) is 1.69. The number of thiophene rings is 1. The van der Waals surface area contributed by atoms with E-state index in [1.54, 1.807) is 11.3 Å². The average Bonchev–Trinajstić information content (AvgIpc) is 3.00. The minimum atomic E-state index is -3.57. The van der Waals surface area contributed by atoms with Crippen molar-refractivity contribution in [1.29, 1.82) is 0 Å². The molecule has 0 radical (unpaired) electrons. The van der Waals surface area contributed by atoms with Gasteiger partial charge in [0.2, 0.25) is 10.0 Å². The molecular weight excluding hydrogens is 310 g/mol. The number of carbonyl (C=O) groups is 1. The molecule has 112 valence electrons. The molecule has 7 heteroatoms. The summed E-state index contributed by atoms with van der Waals surface area (Å²) in [5.41, 5.74) is 0.220. The van der Waals surface area contributed by atoms with Crippen molar-refractivity contribution in [3.05, 3.63) is 52.2 Å². The molecule has 0 fully saturated rings. The maximum atomic E-state index is 11.9. The Balaban J connectivity index is 2.01. The van der Waals surface area contributed by atoms with Crippen LogP contribution in [-0.2, 0) is 21.2 Å². The zero-order chi connectivity index (χ0) is 15.3. The topological polar surface area (TPSA) is 72.5 Å². The van der Waals surface area contributed by atoms with Crippen LogP contribution in [0.25, 0.3) is 0 Å². The summed E-state index contributed by atoms with van der Waals surface area (Å²) >= 11 is 1.60. The molecule has 0 aliphatic carbocycles. The molecule has 0 bridgehead atoms. The van der Waals surface area contributed by atoms with Crippen LogP contribution in [0.3, 0.4) is 0 Å². The normalized spacial score (nSPS) is 11.3. The summed E-state index contributed by atoms with van der Waals surface area (Å²) in [6, 6.07) is 9.68. The van der Waals surface area contributed by atoms with Crippen molar-refractivity contribution in [1.82, 2.24) is 4.72 Å². The molecule has 5 nitrogen and oxygen atoms in total. The van der Waals surface area contributed by atoms with Crippen LogP contribution in [0.2, 0.25) is 0 Å². The molecule has 0 spiro atoms. The van der Waals surface area contributed by atoms with Crippen molar-refractivity contribution < 1.29 is 17.9 Å². The molecule has 1 heterocycles. The van der Waals surface area contributed by atoms with Crippen molar-refractivity contribution >= 4 is 27.3 Å². The van der Waals surface area contributed by atoms with E-state index in [1.807, 2.05) is 17.5 Å². The molecule has 0 amide bonds. The van der Waals surface area contributed by atoms with E-state index in [0.717, 1.165) is 4.88 Å². The number of hydrogen-bond donors (Lipinski definition) is 1. The Bertz CT molecular complexity index is 708. The van der Waals surface area contributed by atoms with Crippen LogP contribution < -0.4 is 4.72 Å². The molecule has 0 aliphatic rings. The van der Waals surface area contributed by atoms with Gasteiger partial charge in [-0.2, -0.15) is 0 Å². The molecule has 0 aliphatic heterocycles. The highest BCUT2D eigenvalue weighted by Gasteiger charge is 2.14. The Labute approximate surface area is 127 Å². The number of nitrogens with one attached hydrogen (secondary N) is 1. The summed E-state index contributed by atoms with van der Waals surface area (Å²) in [5, 5.41) is 1.96. The van der Waals surface area contributed by atoms with E-state index in [1.165, 1.54) is 31.3 Å². The van der Waals surface area contributed by atoms with E-state index in [0.29, 0.717) is 6.42 Å². The average molecular weight is 325 g/mol. The van der Waals surface area contributed by atoms with Crippen molar-refractivity contribution in [2.45, 2.75) is 11.3 Å². The van der Waals surface area contributed by atoms with Crippen LogP contribution in [0.15, 0.2) is 46.7 Å². The van der Waals surface area contributed by atoms with Crippen LogP contribution in [0, 0.1) is 0 Å². The van der Waals surface area contributed by atoms with Crippen LogP contribution in [-0.4, -0.2) is 28.0 Å². The molecule has 21 heavy (non-hydrogen) atoms. The minimum absolute atomic E-state index is 0.0395. The first kappa shape index (κ1) is 15.7. The summed E-state index contributed by atoms with van der Waals surface area (Å²) in [6.45, 7) is 0.266. The van der Waals surface area contributed by atoms with Crippen molar-refractivity contribution in [2.75, 3.05) is 13.7 Å². The summed E-state index contributed by atoms with van der Waals surface area (Å²) in [7, 11) is -2.25. The Kier molecular flexibility index (Phi) is 5.11. The van der Waals surface area contributed by atoms with Gasteiger partial charge in [-0.1, -0.05) is 12.1 Å². The number of hydrogen-bond acceptors (Lipinski definition) is 5. The van der Waals surface area contributed by atoms with Gasteiger partial charge in [0.25, 0.3) is 0 Å². The minimum Gasteiger partial charge on any atom is -0.462 e. The van der Waals surface area contributed by atoms with Crippen LogP contribution in [0.4, 0.5) is 0 Å². The van der Waals surface area contributed by atoms with Gasteiger partial charge in [0.1, 0.15) is 0 Å². The lowest BCUT2D eigenvalue weighted by Gasteiger charge is -2.06. The fraction of sp³-hybridized carbons (Fsp3) is 0.214. The van der Waals surface area contributed by atoms with Crippen molar-refractivity contribution in [3.8, 4) is 0 Å². The first-order valence-electron chi connectivity index (χ1n) is 6.26. The number of carbonyl (C=O) groups excluding carboxylic acids is 1. The molecule has 1 N–H and O–H groups in total. The first-order valence-corrected chi connectivity index (χ1v) is 8.62. The van der Waals surface area contributed by atoms with Gasteiger partial charge in [-0.3, -0.25) is 0 Å². The van der Waals surface area contributed by atoms with Gasteiger partial charge in [-0.15, -0.1) is 11.3 Å². The van der Waals surface area contributed by atoms with E-state index in [-0.39, 0.29) is 17.1 Å². The largest absolute Gasteiger partial charge is 0.462 e. The second kappa shape index (κ2) is 6.84. The Morgan fingerprint density at radius 2 is 2.10 bits per heavy atom. The third-order valence-electron chi connectivity index (χ3n) is 2.81. The highest BCUT2D eigenvalue weighted by Crippen LogP contribution is 2.13. The van der Waals surface area contributed by atoms with E-state index in [4.69, 9.17) is 4.74 Å². The molecule has 1 aromatic heterocycles. The highest BCUT2D eigenvalue weighted by molar-refractivity contribution is 7.89. The maximum absolute atomic E-state index is 11.9. The number of benzene rings is 1. The van der Waals surface area contributed by atoms with Gasteiger partial charge in [0.05, 0.1) is 17.1 Å². The van der Waals surface area contributed by atoms with E-state index in [9.17, 15) is 13.2 Å². The molecule has 2 aromatic rings. The molecular formula is C14H15NO4S2. The maximum Gasteiger partial charge on any atom is 0.338 e. The highest BCUT2D eigenvalue weighted by atomic mass is 32.2. The van der Waals surface area contributed by atoms with E-state index in [2.05, 4.69) is 4.72 Å². The lowest BCUT2D eigenvalue weighted by atomic mass is 10.2. The second-order valence-electron chi connectivity index (χ2n) is 4.20. The quantitative estimate of drug-likeness (QED) is 0.825. The summed E-state index contributed by atoms with van der Waals surface area (Å²) < 4.78 is 30.7. The van der Waals surface area contributed by atoms with Gasteiger partial charge in [0, 0.05) is 11.3 Å². The van der Waals surface area contributed by atoms with Crippen LogP contribution in [0.1, 0.15) is 15.2 Å². The smallest absolute Gasteiger partial charge is 0.338 e. The molecule has 0 unspecified atom stereocenters.